The zero-order valence-corrected chi connectivity index (χ0v) is 13.1. The number of nitrogens with zero attached hydrogens (tertiary/aromatic N) is 1. The van der Waals surface area contributed by atoms with E-state index in [1.165, 1.54) is 0 Å². The van der Waals surface area contributed by atoms with E-state index in [-0.39, 0.29) is 18.2 Å². The second-order valence-electron chi connectivity index (χ2n) is 7.15. The van der Waals surface area contributed by atoms with Crippen LogP contribution >= 0.6 is 0 Å². The van der Waals surface area contributed by atoms with Crippen molar-refractivity contribution in [1.29, 1.82) is 0 Å². The van der Waals surface area contributed by atoms with Crippen LogP contribution in [-0.4, -0.2) is 41.3 Å². The number of fused-ring (bicyclic) bond motifs is 1. The summed E-state index contributed by atoms with van der Waals surface area (Å²) in [4.78, 5) is 14.1. The molecule has 1 N–H and O–H groups in total. The van der Waals surface area contributed by atoms with Crippen molar-refractivity contribution in [2.24, 2.45) is 0 Å². The molecule has 2 saturated heterocycles. The molecular weight excluding hydrogens is 283 g/mol. The fraction of sp³-hybridized carbons (Fsp3) is 0.588. The highest BCUT2D eigenvalue weighted by Gasteiger charge is 2.56. The number of hydrogen-bond acceptors (Lipinski definition) is 3. The molecule has 0 spiro atoms. The lowest BCUT2D eigenvalue weighted by Gasteiger charge is -2.37. The monoisotopic (exact) mass is 306 g/mol. The highest BCUT2D eigenvalue weighted by molar-refractivity contribution is 5.69. The van der Waals surface area contributed by atoms with Gasteiger partial charge in [0.25, 0.3) is 0 Å². The largest absolute Gasteiger partial charge is 0.445 e. The standard InChI is InChI=1S/C17H23FN2O2/c1-16(2,18)11-20-12-17(8-14(20)9-17)19-15(21)22-10-13-6-4-3-5-7-13/h3-7,14H,8-12H2,1-2H3,(H,19,21). The molecule has 22 heavy (non-hydrogen) atoms. The second kappa shape index (κ2) is 5.54. The molecule has 1 aromatic carbocycles. The molecule has 1 aromatic rings. The van der Waals surface area contributed by atoms with Crippen LogP contribution in [0.4, 0.5) is 9.18 Å². The van der Waals surface area contributed by atoms with Gasteiger partial charge in [-0.15, -0.1) is 0 Å². The molecule has 3 fully saturated rings. The van der Waals surface area contributed by atoms with Gasteiger partial charge in [-0.1, -0.05) is 30.3 Å². The highest BCUT2D eigenvalue weighted by Crippen LogP contribution is 2.45. The van der Waals surface area contributed by atoms with Crippen LogP contribution in [0.25, 0.3) is 0 Å². The number of alkyl carbamates (subject to hydrolysis) is 1. The van der Waals surface area contributed by atoms with Gasteiger partial charge in [0.1, 0.15) is 12.3 Å². The first-order chi connectivity index (χ1) is 10.4. The Morgan fingerprint density at radius 2 is 2.09 bits per heavy atom. The number of alkyl halides is 1. The molecule has 4 nitrogen and oxygen atoms in total. The minimum atomic E-state index is -1.20. The van der Waals surface area contributed by atoms with Gasteiger partial charge in [-0.05, 0) is 32.3 Å². The molecule has 120 valence electrons. The van der Waals surface area contributed by atoms with E-state index in [0.717, 1.165) is 18.4 Å². The lowest BCUT2D eigenvalue weighted by molar-refractivity contribution is 0.110. The quantitative estimate of drug-likeness (QED) is 0.909. The van der Waals surface area contributed by atoms with Crippen molar-refractivity contribution >= 4 is 6.09 Å². The van der Waals surface area contributed by atoms with Gasteiger partial charge in [-0.2, -0.15) is 0 Å². The number of rotatable bonds is 5. The predicted molar refractivity (Wildman–Crippen MR) is 82.3 cm³/mol. The normalized spacial score (nSPS) is 27.3. The van der Waals surface area contributed by atoms with Crippen LogP contribution in [0.5, 0.6) is 0 Å². The van der Waals surface area contributed by atoms with E-state index in [4.69, 9.17) is 4.74 Å². The summed E-state index contributed by atoms with van der Waals surface area (Å²) < 4.78 is 19.0. The number of nitrogens with one attached hydrogen (secondary N) is 1. The van der Waals surface area contributed by atoms with E-state index in [1.54, 1.807) is 13.8 Å². The number of hydrogen-bond donors (Lipinski definition) is 1. The Labute approximate surface area is 130 Å². The van der Waals surface area contributed by atoms with Gasteiger partial charge in [-0.3, -0.25) is 4.90 Å². The third-order valence-corrected chi connectivity index (χ3v) is 4.43. The van der Waals surface area contributed by atoms with Crippen molar-refractivity contribution in [3.8, 4) is 0 Å². The number of carbonyl (C=O) groups excluding carboxylic acids is 1. The molecule has 3 aliphatic rings. The molecule has 2 heterocycles. The van der Waals surface area contributed by atoms with Crippen molar-refractivity contribution in [1.82, 2.24) is 10.2 Å². The molecule has 2 bridgehead atoms. The van der Waals surface area contributed by atoms with Gasteiger partial charge < -0.3 is 10.1 Å². The fourth-order valence-corrected chi connectivity index (χ4v) is 3.53. The number of carbonyl (C=O) groups is 1. The molecule has 5 heteroatoms. The van der Waals surface area contributed by atoms with Gasteiger partial charge >= 0.3 is 6.09 Å². The van der Waals surface area contributed by atoms with Gasteiger partial charge in [-0.25, -0.2) is 9.18 Å². The average Bonchev–Trinajstić information content (AvgIpc) is 2.88. The Balaban J connectivity index is 1.47. The van der Waals surface area contributed by atoms with Gasteiger partial charge in [0.15, 0.2) is 0 Å². The van der Waals surface area contributed by atoms with E-state index in [2.05, 4.69) is 10.2 Å². The average molecular weight is 306 g/mol. The first kappa shape index (κ1) is 15.3. The zero-order valence-electron chi connectivity index (χ0n) is 13.1. The van der Waals surface area contributed by atoms with E-state index in [1.807, 2.05) is 30.3 Å². The third-order valence-electron chi connectivity index (χ3n) is 4.43. The smallest absolute Gasteiger partial charge is 0.407 e. The number of amides is 1. The summed E-state index contributed by atoms with van der Waals surface area (Å²) in [7, 11) is 0. The topological polar surface area (TPSA) is 41.6 Å². The SMILES string of the molecule is CC(C)(F)CN1CC2(NC(=O)OCc3ccccc3)CC1C2. The maximum atomic E-state index is 13.8. The van der Waals surface area contributed by atoms with Gasteiger partial charge in [0.05, 0.1) is 5.54 Å². The Kier molecular flexibility index (Phi) is 3.85. The van der Waals surface area contributed by atoms with E-state index in [0.29, 0.717) is 19.1 Å². The summed E-state index contributed by atoms with van der Waals surface area (Å²) in [5.74, 6) is 0. The second-order valence-corrected chi connectivity index (χ2v) is 7.15. The van der Waals surface area contributed by atoms with Crippen LogP contribution in [0.3, 0.4) is 0 Å². The molecular formula is C17H23FN2O2. The zero-order chi connectivity index (χ0) is 15.8. The first-order valence-corrected chi connectivity index (χ1v) is 7.77. The molecule has 4 rings (SSSR count). The van der Waals surface area contributed by atoms with Crippen LogP contribution < -0.4 is 5.32 Å². The predicted octanol–water partition coefficient (Wildman–Crippen LogP) is 2.88. The summed E-state index contributed by atoms with van der Waals surface area (Å²) in [5.41, 5.74) is -0.454. The lowest BCUT2D eigenvalue weighted by atomic mass is 9.78. The molecule has 1 amide bonds. The van der Waals surface area contributed by atoms with Crippen molar-refractivity contribution in [2.75, 3.05) is 13.1 Å². The first-order valence-electron chi connectivity index (χ1n) is 7.77. The van der Waals surface area contributed by atoms with Crippen molar-refractivity contribution in [3.05, 3.63) is 35.9 Å². The van der Waals surface area contributed by atoms with Gasteiger partial charge in [0.2, 0.25) is 0 Å². The minimum absolute atomic E-state index is 0.219. The highest BCUT2D eigenvalue weighted by atomic mass is 19.1. The van der Waals surface area contributed by atoms with Crippen LogP contribution in [0.1, 0.15) is 32.3 Å². The summed E-state index contributed by atoms with van der Waals surface area (Å²) >= 11 is 0. The molecule has 0 radical (unpaired) electrons. The minimum Gasteiger partial charge on any atom is -0.445 e. The van der Waals surface area contributed by atoms with Crippen LogP contribution in [0, 0.1) is 0 Å². The van der Waals surface area contributed by atoms with Gasteiger partial charge in [0, 0.05) is 19.1 Å². The van der Waals surface area contributed by atoms with Crippen molar-refractivity contribution < 1.29 is 13.9 Å². The van der Waals surface area contributed by atoms with E-state index in [9.17, 15) is 9.18 Å². The lowest BCUT2D eigenvalue weighted by Crippen LogP contribution is -2.55. The summed E-state index contributed by atoms with van der Waals surface area (Å²) in [6, 6.07) is 10.00. The number of ether oxygens (including phenoxy) is 1. The molecule has 1 saturated carbocycles. The van der Waals surface area contributed by atoms with Crippen LogP contribution in [-0.2, 0) is 11.3 Å². The number of halogens is 1. The van der Waals surface area contributed by atoms with E-state index < -0.39 is 5.67 Å². The number of benzene rings is 1. The van der Waals surface area contributed by atoms with Crippen LogP contribution in [0.15, 0.2) is 30.3 Å². The molecule has 0 unspecified atom stereocenters. The fourth-order valence-electron chi connectivity index (χ4n) is 3.53. The molecule has 2 aliphatic heterocycles. The Bertz CT molecular complexity index is 535. The summed E-state index contributed by atoms with van der Waals surface area (Å²) in [6.45, 7) is 4.59. The Hall–Kier alpha value is -1.62. The molecule has 1 aliphatic carbocycles. The molecule has 0 atom stereocenters. The Morgan fingerprint density at radius 3 is 2.73 bits per heavy atom. The Morgan fingerprint density at radius 1 is 1.41 bits per heavy atom. The maximum Gasteiger partial charge on any atom is 0.407 e. The van der Waals surface area contributed by atoms with Crippen molar-refractivity contribution in [3.63, 3.8) is 0 Å². The maximum absolute atomic E-state index is 13.8. The third kappa shape index (κ3) is 3.40. The van der Waals surface area contributed by atoms with E-state index >= 15 is 0 Å². The van der Waals surface area contributed by atoms with Crippen LogP contribution in [0.2, 0.25) is 0 Å². The van der Waals surface area contributed by atoms with Crippen molar-refractivity contribution in [2.45, 2.75) is 50.5 Å². The summed E-state index contributed by atoms with van der Waals surface area (Å²) in [6.07, 6.45) is 1.40. The molecule has 0 aromatic heterocycles. The summed E-state index contributed by atoms with van der Waals surface area (Å²) in [5, 5.41) is 2.98.